The van der Waals surface area contributed by atoms with Crippen molar-refractivity contribution in [2.45, 2.75) is 5.03 Å². The second-order valence-electron chi connectivity index (χ2n) is 1.29. The topological polar surface area (TPSA) is 68.8 Å². The number of aromatic nitrogens is 2. The molecule has 0 fully saturated rings. The van der Waals surface area contributed by atoms with Gasteiger partial charge in [-0.1, -0.05) is 11.6 Å². The molecule has 1 aromatic rings. The van der Waals surface area contributed by atoms with Gasteiger partial charge in [0.25, 0.3) is 0 Å². The highest BCUT2D eigenvalue weighted by molar-refractivity contribution is 7.79. The van der Waals surface area contributed by atoms with E-state index in [-0.39, 0.29) is 10.2 Å². The maximum absolute atomic E-state index is 10.1. The first-order chi connectivity index (χ1) is 4.20. The van der Waals surface area contributed by atoms with Gasteiger partial charge in [0.15, 0.2) is 5.15 Å². The van der Waals surface area contributed by atoms with E-state index in [1.54, 1.807) is 0 Å². The molecule has 0 spiro atoms. The molecule has 6 heteroatoms. The molecule has 0 amide bonds. The molecule has 0 radical (unpaired) electrons. The van der Waals surface area contributed by atoms with Gasteiger partial charge in [-0.05, 0) is 11.1 Å². The van der Waals surface area contributed by atoms with Crippen LogP contribution in [0.5, 0.6) is 0 Å². The van der Waals surface area contributed by atoms with Crippen molar-refractivity contribution in [1.29, 1.82) is 0 Å². The van der Waals surface area contributed by atoms with Gasteiger partial charge in [-0.25, -0.2) is 0 Å². The molecule has 9 heavy (non-hydrogen) atoms. The van der Waals surface area contributed by atoms with Crippen LogP contribution in [-0.2, 0) is 11.1 Å². The Morgan fingerprint density at radius 2 is 2.56 bits per heavy atom. The average molecular weight is 166 g/mol. The van der Waals surface area contributed by atoms with Gasteiger partial charge in [0.1, 0.15) is 5.03 Å². The molecule has 4 nitrogen and oxygen atoms in total. The summed E-state index contributed by atoms with van der Waals surface area (Å²) in [5.74, 6) is 0. The SMILES string of the molecule is O=S([O-])c1cc(Cl)n[nH]1. The summed E-state index contributed by atoms with van der Waals surface area (Å²) in [6.45, 7) is 0. The van der Waals surface area contributed by atoms with Crippen LogP contribution in [0.2, 0.25) is 5.15 Å². The van der Waals surface area contributed by atoms with Crippen LogP contribution in [0, 0.1) is 0 Å². The van der Waals surface area contributed by atoms with Gasteiger partial charge in [0.05, 0.1) is 0 Å². The van der Waals surface area contributed by atoms with Crippen LogP contribution in [0.15, 0.2) is 11.1 Å². The van der Waals surface area contributed by atoms with E-state index in [2.05, 4.69) is 10.2 Å². The minimum Gasteiger partial charge on any atom is -0.767 e. The van der Waals surface area contributed by atoms with Crippen molar-refractivity contribution in [3.63, 3.8) is 0 Å². The Hall–Kier alpha value is -0.390. The van der Waals surface area contributed by atoms with Gasteiger partial charge in [0.2, 0.25) is 0 Å². The number of H-pyrrole nitrogens is 1. The number of nitrogens with zero attached hydrogens (tertiary/aromatic N) is 1. The van der Waals surface area contributed by atoms with Gasteiger partial charge in [-0.15, -0.1) is 0 Å². The summed E-state index contributed by atoms with van der Waals surface area (Å²) in [6, 6.07) is 1.23. The highest BCUT2D eigenvalue weighted by Gasteiger charge is 1.95. The second-order valence-corrected chi connectivity index (χ2v) is 2.59. The van der Waals surface area contributed by atoms with Gasteiger partial charge in [-0.3, -0.25) is 9.31 Å². The zero-order valence-corrected chi connectivity index (χ0v) is 5.70. The van der Waals surface area contributed by atoms with E-state index in [4.69, 9.17) is 11.6 Å². The first kappa shape index (κ1) is 6.73. The molecular formula is C3H2ClN2O2S-. The van der Waals surface area contributed by atoms with Crippen molar-refractivity contribution >= 4 is 22.7 Å². The average Bonchev–Trinajstić information content (AvgIpc) is 2.14. The number of aromatic amines is 1. The highest BCUT2D eigenvalue weighted by Crippen LogP contribution is 2.06. The number of nitrogens with one attached hydrogen (secondary N) is 1. The first-order valence-electron chi connectivity index (χ1n) is 2.00. The molecule has 1 rings (SSSR count). The quantitative estimate of drug-likeness (QED) is 0.609. The van der Waals surface area contributed by atoms with E-state index in [9.17, 15) is 8.76 Å². The number of rotatable bonds is 1. The number of halogens is 1. The third kappa shape index (κ3) is 1.51. The van der Waals surface area contributed by atoms with Crippen LogP contribution >= 0.6 is 11.6 Å². The van der Waals surface area contributed by atoms with Crippen LogP contribution in [0.3, 0.4) is 0 Å². The molecule has 0 aliphatic carbocycles. The van der Waals surface area contributed by atoms with E-state index >= 15 is 0 Å². The van der Waals surface area contributed by atoms with Gasteiger partial charge < -0.3 is 4.55 Å². The lowest BCUT2D eigenvalue weighted by molar-refractivity contribution is 0.533. The zero-order chi connectivity index (χ0) is 6.85. The lowest BCUT2D eigenvalue weighted by atomic mass is 10.7. The molecule has 1 atom stereocenters. The molecule has 1 unspecified atom stereocenters. The molecule has 1 aromatic heterocycles. The number of hydrogen-bond acceptors (Lipinski definition) is 3. The smallest absolute Gasteiger partial charge is 0.152 e. The summed E-state index contributed by atoms with van der Waals surface area (Å²) in [5, 5.41) is 5.74. The molecule has 0 aliphatic heterocycles. The summed E-state index contributed by atoms with van der Waals surface area (Å²) in [6.07, 6.45) is 0. The van der Waals surface area contributed by atoms with Crippen LogP contribution in [-0.4, -0.2) is 19.0 Å². The molecule has 0 saturated carbocycles. The summed E-state index contributed by atoms with van der Waals surface area (Å²) < 4.78 is 20.2. The highest BCUT2D eigenvalue weighted by atomic mass is 35.5. The van der Waals surface area contributed by atoms with Crippen LogP contribution in [0.1, 0.15) is 0 Å². The van der Waals surface area contributed by atoms with Gasteiger partial charge >= 0.3 is 0 Å². The van der Waals surface area contributed by atoms with E-state index in [1.165, 1.54) is 6.07 Å². The Labute approximate surface area is 58.5 Å². The summed E-state index contributed by atoms with van der Waals surface area (Å²) in [7, 11) is 0. The van der Waals surface area contributed by atoms with E-state index < -0.39 is 11.1 Å². The van der Waals surface area contributed by atoms with E-state index in [1.807, 2.05) is 0 Å². The van der Waals surface area contributed by atoms with Crippen LogP contribution in [0.4, 0.5) is 0 Å². The summed E-state index contributed by atoms with van der Waals surface area (Å²) in [5.41, 5.74) is 0. The lowest BCUT2D eigenvalue weighted by Crippen LogP contribution is -1.87. The Morgan fingerprint density at radius 3 is 2.78 bits per heavy atom. The standard InChI is InChI=1S/C3H3ClN2O2S/c4-2-1-3(6-5-2)9(7)8/h1H,(H,5,6)(H,7,8)/p-1. The monoisotopic (exact) mass is 165 g/mol. The molecule has 0 saturated heterocycles. The lowest BCUT2D eigenvalue weighted by Gasteiger charge is -1.96. The maximum atomic E-state index is 10.1. The van der Waals surface area contributed by atoms with Crippen molar-refractivity contribution in [1.82, 2.24) is 10.2 Å². The fourth-order valence-corrected chi connectivity index (χ4v) is 0.911. The van der Waals surface area contributed by atoms with Crippen molar-refractivity contribution in [3.8, 4) is 0 Å². The van der Waals surface area contributed by atoms with Crippen molar-refractivity contribution < 1.29 is 8.76 Å². The Balaban J connectivity index is 2.98. The van der Waals surface area contributed by atoms with E-state index in [0.717, 1.165) is 0 Å². The predicted octanol–water partition coefficient (Wildman–Crippen LogP) is 0.301. The molecule has 1 heterocycles. The molecule has 0 bridgehead atoms. The fraction of sp³-hybridized carbons (Fsp3) is 0. The maximum Gasteiger partial charge on any atom is 0.152 e. The molecule has 1 N–H and O–H groups in total. The Morgan fingerprint density at radius 1 is 1.89 bits per heavy atom. The molecular weight excluding hydrogens is 164 g/mol. The third-order valence-corrected chi connectivity index (χ3v) is 1.46. The zero-order valence-electron chi connectivity index (χ0n) is 4.13. The second kappa shape index (κ2) is 2.47. The van der Waals surface area contributed by atoms with Gasteiger partial charge in [0, 0.05) is 6.07 Å². The van der Waals surface area contributed by atoms with Gasteiger partial charge in [-0.2, -0.15) is 5.10 Å². The van der Waals surface area contributed by atoms with Crippen molar-refractivity contribution in [3.05, 3.63) is 11.2 Å². The van der Waals surface area contributed by atoms with Crippen LogP contribution < -0.4 is 0 Å². The largest absolute Gasteiger partial charge is 0.767 e. The Kier molecular flexibility index (Phi) is 1.84. The molecule has 50 valence electrons. The minimum atomic E-state index is -2.26. The van der Waals surface area contributed by atoms with Crippen molar-refractivity contribution in [2.24, 2.45) is 0 Å². The first-order valence-corrected chi connectivity index (χ1v) is 3.45. The predicted molar refractivity (Wildman–Crippen MR) is 30.8 cm³/mol. The fourth-order valence-electron chi connectivity index (χ4n) is 0.367. The molecule has 0 aliphatic rings. The Bertz CT molecular complexity index is 235. The minimum absolute atomic E-state index is 0.000000000000000444. The third-order valence-electron chi connectivity index (χ3n) is 0.703. The van der Waals surface area contributed by atoms with Crippen molar-refractivity contribution in [2.75, 3.05) is 0 Å². The van der Waals surface area contributed by atoms with Crippen LogP contribution in [0.25, 0.3) is 0 Å². The summed E-state index contributed by atoms with van der Waals surface area (Å²) in [4.78, 5) is 0. The number of hydrogen-bond donors (Lipinski definition) is 1. The normalized spacial score (nSPS) is 13.6. The van der Waals surface area contributed by atoms with E-state index in [0.29, 0.717) is 0 Å². The molecule has 0 aromatic carbocycles. The summed E-state index contributed by atoms with van der Waals surface area (Å²) >= 11 is 3.03.